The van der Waals surface area contributed by atoms with Crippen molar-refractivity contribution in [2.45, 2.75) is 31.0 Å². The maximum Gasteiger partial charge on any atom is 0.286 e. The fraction of sp³-hybridized carbons (Fsp3) is 0.273. The van der Waals surface area contributed by atoms with Crippen LogP contribution in [0.4, 0.5) is 5.69 Å². The van der Waals surface area contributed by atoms with Crippen molar-refractivity contribution in [1.82, 2.24) is 4.31 Å². The van der Waals surface area contributed by atoms with Gasteiger partial charge in [-0.05, 0) is 50.2 Å². The van der Waals surface area contributed by atoms with Crippen LogP contribution in [0.5, 0.6) is 0 Å². The Balaban J connectivity index is 1.58. The first-order chi connectivity index (χ1) is 15.2. The summed E-state index contributed by atoms with van der Waals surface area (Å²) in [6.07, 6.45) is -0.411. The molecular weight excluding hydrogens is 434 g/mol. The highest BCUT2D eigenvalue weighted by Gasteiger charge is 2.32. The molecule has 0 bridgehead atoms. The number of hydrogen-bond acceptors (Lipinski definition) is 6. The Hall–Kier alpha value is -3.21. The zero-order valence-electron chi connectivity index (χ0n) is 17.6. The van der Waals surface area contributed by atoms with E-state index in [0.29, 0.717) is 11.0 Å². The molecule has 1 aromatic heterocycles. The van der Waals surface area contributed by atoms with Gasteiger partial charge in [-0.15, -0.1) is 0 Å². The van der Waals surface area contributed by atoms with Crippen LogP contribution in [-0.2, 0) is 14.8 Å². The van der Waals surface area contributed by atoms with Gasteiger partial charge in [0.25, 0.3) is 11.8 Å². The minimum atomic E-state index is -3.72. The third-order valence-corrected chi connectivity index (χ3v) is 7.04. The zero-order valence-corrected chi connectivity index (χ0v) is 18.4. The van der Waals surface area contributed by atoms with E-state index in [1.54, 1.807) is 24.3 Å². The van der Waals surface area contributed by atoms with E-state index >= 15 is 0 Å². The molecule has 1 fully saturated rings. The topological polar surface area (TPSA) is 132 Å². The quantitative estimate of drug-likeness (QED) is 0.605. The number of hydrogen-bond donors (Lipinski definition) is 2. The number of nitrogens with one attached hydrogen (secondary N) is 1. The third kappa shape index (κ3) is 4.12. The maximum absolute atomic E-state index is 13.0. The number of sulfonamides is 1. The van der Waals surface area contributed by atoms with E-state index in [1.807, 2.05) is 13.8 Å². The average Bonchev–Trinajstić information content (AvgIpc) is 3.12. The van der Waals surface area contributed by atoms with E-state index in [-0.39, 0.29) is 47.2 Å². The first kappa shape index (κ1) is 22.0. The van der Waals surface area contributed by atoms with E-state index in [1.165, 1.54) is 28.6 Å². The normalized spacial score (nSPS) is 19.7. The molecule has 3 aromatic rings. The fourth-order valence-electron chi connectivity index (χ4n) is 3.78. The number of rotatable bonds is 5. The Bertz CT molecular complexity index is 1270. The van der Waals surface area contributed by atoms with E-state index in [2.05, 4.69) is 5.32 Å². The molecule has 1 saturated heterocycles. The van der Waals surface area contributed by atoms with Crippen molar-refractivity contribution in [2.75, 3.05) is 18.4 Å². The molecule has 1 aliphatic rings. The van der Waals surface area contributed by atoms with Crippen molar-refractivity contribution < 1.29 is 27.2 Å². The van der Waals surface area contributed by atoms with Crippen LogP contribution in [0.1, 0.15) is 34.8 Å². The molecule has 4 rings (SSSR count). The van der Waals surface area contributed by atoms with Gasteiger partial charge in [-0.1, -0.05) is 12.1 Å². The van der Waals surface area contributed by atoms with Gasteiger partial charge in [0, 0.05) is 24.0 Å². The van der Waals surface area contributed by atoms with Crippen LogP contribution < -0.4 is 11.1 Å². The molecule has 1 aliphatic heterocycles. The van der Waals surface area contributed by atoms with Gasteiger partial charge in [-0.25, -0.2) is 8.42 Å². The summed E-state index contributed by atoms with van der Waals surface area (Å²) in [5, 5.41) is 3.19. The SMILES string of the molecule is C[C@@H]1CN(S(=O)(=O)c2ccc(C(=O)Nc3c(C(N)=O)oc4ccccc34)cc2)C[C@H](C)O1. The number of amides is 2. The summed E-state index contributed by atoms with van der Waals surface area (Å²) in [6, 6.07) is 12.4. The molecule has 32 heavy (non-hydrogen) atoms. The highest BCUT2D eigenvalue weighted by atomic mass is 32.2. The smallest absolute Gasteiger partial charge is 0.286 e. The number of carbonyl (C=O) groups excluding carboxylic acids is 2. The summed E-state index contributed by atoms with van der Waals surface area (Å²) >= 11 is 0. The van der Waals surface area contributed by atoms with Crippen LogP contribution in [0.2, 0.25) is 0 Å². The Labute approximate surface area is 185 Å². The second-order valence-corrected chi connectivity index (χ2v) is 9.66. The molecule has 168 valence electrons. The second-order valence-electron chi connectivity index (χ2n) is 7.72. The molecule has 0 unspecified atom stereocenters. The van der Waals surface area contributed by atoms with Gasteiger partial charge in [0.2, 0.25) is 15.8 Å². The van der Waals surface area contributed by atoms with E-state index in [9.17, 15) is 18.0 Å². The van der Waals surface area contributed by atoms with Crippen LogP contribution in [0.15, 0.2) is 57.8 Å². The Morgan fingerprint density at radius 2 is 1.66 bits per heavy atom. The van der Waals surface area contributed by atoms with Gasteiger partial charge in [0.1, 0.15) is 11.3 Å². The number of fused-ring (bicyclic) bond motifs is 1. The Kier molecular flexibility index (Phi) is 5.76. The lowest BCUT2D eigenvalue weighted by Gasteiger charge is -2.34. The van der Waals surface area contributed by atoms with Gasteiger partial charge in [0.05, 0.1) is 17.1 Å². The van der Waals surface area contributed by atoms with Gasteiger partial charge in [0.15, 0.2) is 0 Å². The van der Waals surface area contributed by atoms with Crippen molar-refractivity contribution in [3.05, 3.63) is 59.9 Å². The highest BCUT2D eigenvalue weighted by molar-refractivity contribution is 7.89. The fourth-order valence-corrected chi connectivity index (χ4v) is 5.37. The standard InChI is InChI=1S/C22H23N3O6S/c1-13-11-25(12-14(2)30-13)32(28,29)16-9-7-15(8-10-16)22(27)24-19-17-5-3-4-6-18(17)31-20(19)21(23)26/h3-10,13-14H,11-12H2,1-2H3,(H2,23,26)(H,24,27)/t13-,14+. The lowest BCUT2D eigenvalue weighted by molar-refractivity contribution is -0.0440. The van der Waals surface area contributed by atoms with E-state index in [0.717, 1.165) is 0 Å². The molecule has 10 heteroatoms. The largest absolute Gasteiger partial charge is 0.449 e. The van der Waals surface area contributed by atoms with Crippen molar-refractivity contribution >= 4 is 38.5 Å². The summed E-state index contributed by atoms with van der Waals surface area (Å²) in [5.41, 5.74) is 6.18. The summed E-state index contributed by atoms with van der Waals surface area (Å²) in [6.45, 7) is 4.17. The molecule has 0 radical (unpaired) electrons. The highest BCUT2D eigenvalue weighted by Crippen LogP contribution is 2.31. The molecule has 0 aliphatic carbocycles. The van der Waals surface area contributed by atoms with Gasteiger partial charge in [-0.2, -0.15) is 4.31 Å². The third-order valence-electron chi connectivity index (χ3n) is 5.20. The van der Waals surface area contributed by atoms with Crippen molar-refractivity contribution in [3.8, 4) is 0 Å². The summed E-state index contributed by atoms with van der Waals surface area (Å²) in [4.78, 5) is 24.6. The molecule has 0 saturated carbocycles. The molecule has 2 amide bonds. The number of carbonyl (C=O) groups is 2. The van der Waals surface area contributed by atoms with E-state index < -0.39 is 21.8 Å². The van der Waals surface area contributed by atoms with Crippen LogP contribution in [0, 0.1) is 0 Å². The Morgan fingerprint density at radius 3 is 2.28 bits per heavy atom. The number of anilines is 1. The zero-order chi connectivity index (χ0) is 23.0. The molecule has 2 heterocycles. The first-order valence-electron chi connectivity index (χ1n) is 10.0. The summed E-state index contributed by atoms with van der Waals surface area (Å²) in [7, 11) is -3.72. The number of nitrogens with zero attached hydrogens (tertiary/aromatic N) is 1. The van der Waals surface area contributed by atoms with Crippen LogP contribution in [-0.4, -0.2) is 49.8 Å². The van der Waals surface area contributed by atoms with Crippen molar-refractivity contribution in [1.29, 1.82) is 0 Å². The number of benzene rings is 2. The first-order valence-corrected chi connectivity index (χ1v) is 11.5. The minimum absolute atomic E-state index is 0.0851. The number of para-hydroxylation sites is 1. The van der Waals surface area contributed by atoms with Crippen molar-refractivity contribution in [2.24, 2.45) is 5.73 Å². The number of furan rings is 1. The predicted molar refractivity (Wildman–Crippen MR) is 118 cm³/mol. The van der Waals surface area contributed by atoms with Crippen LogP contribution in [0.25, 0.3) is 11.0 Å². The molecule has 2 aromatic carbocycles. The predicted octanol–water partition coefficient (Wildman–Crippen LogP) is 2.58. The molecule has 0 spiro atoms. The van der Waals surface area contributed by atoms with Gasteiger partial charge >= 0.3 is 0 Å². The van der Waals surface area contributed by atoms with Gasteiger partial charge in [-0.3, -0.25) is 9.59 Å². The van der Waals surface area contributed by atoms with Crippen molar-refractivity contribution in [3.63, 3.8) is 0 Å². The molecular formula is C22H23N3O6S. The lowest BCUT2D eigenvalue weighted by Crippen LogP contribution is -2.48. The average molecular weight is 458 g/mol. The van der Waals surface area contributed by atoms with E-state index in [4.69, 9.17) is 14.9 Å². The number of nitrogens with two attached hydrogens (primary N) is 1. The molecule has 9 nitrogen and oxygen atoms in total. The monoisotopic (exact) mass is 457 g/mol. The van der Waals surface area contributed by atoms with Crippen LogP contribution in [0.3, 0.4) is 0 Å². The second kappa shape index (κ2) is 8.38. The van der Waals surface area contributed by atoms with Crippen LogP contribution >= 0.6 is 0 Å². The molecule has 2 atom stereocenters. The number of ether oxygens (including phenoxy) is 1. The summed E-state index contributed by atoms with van der Waals surface area (Å²) < 4.78 is 38.4. The minimum Gasteiger partial charge on any atom is -0.449 e. The lowest BCUT2D eigenvalue weighted by atomic mass is 10.2. The maximum atomic E-state index is 13.0. The van der Waals surface area contributed by atoms with Gasteiger partial charge < -0.3 is 20.2 Å². The Morgan fingerprint density at radius 1 is 1.03 bits per heavy atom. The number of morpholine rings is 1. The number of primary amides is 1. The molecule has 3 N–H and O–H groups in total. The summed E-state index contributed by atoms with van der Waals surface area (Å²) in [5.74, 6) is -1.50.